The van der Waals surface area contributed by atoms with Gasteiger partial charge in [-0.2, -0.15) is 0 Å². The number of aliphatic hydroxyl groups excluding tert-OH is 1. The molecule has 3 nitrogen and oxygen atoms in total. The molecule has 1 aliphatic heterocycles. The molecular weight excluding hydrogens is 250 g/mol. The molecule has 1 aromatic carbocycles. The smallest absolute Gasteiger partial charge is 0.124 e. The highest BCUT2D eigenvalue weighted by Crippen LogP contribution is 2.35. The Hall–Kier alpha value is -0.770. The number of ether oxygens (including phenoxy) is 1. The van der Waals surface area contributed by atoms with E-state index in [2.05, 4.69) is 4.90 Å². The van der Waals surface area contributed by atoms with E-state index in [0.29, 0.717) is 0 Å². The molecule has 100 valence electrons. The minimum absolute atomic E-state index is 0.0134. The summed E-state index contributed by atoms with van der Waals surface area (Å²) < 4.78 is 5.43. The number of aryl methyl sites for hydroxylation is 1. The summed E-state index contributed by atoms with van der Waals surface area (Å²) in [6.45, 7) is 4.11. The van der Waals surface area contributed by atoms with Gasteiger partial charge >= 0.3 is 0 Å². The molecule has 0 radical (unpaired) electrons. The largest absolute Gasteiger partial charge is 0.496 e. The van der Waals surface area contributed by atoms with Crippen LogP contribution in [-0.4, -0.2) is 36.8 Å². The van der Waals surface area contributed by atoms with E-state index in [1.54, 1.807) is 7.11 Å². The number of hydrogen-bond donors (Lipinski definition) is 1. The van der Waals surface area contributed by atoms with Crippen LogP contribution in [0.15, 0.2) is 12.1 Å². The van der Waals surface area contributed by atoms with Gasteiger partial charge in [-0.25, -0.2) is 0 Å². The normalized spacial score (nSPS) is 18.0. The van der Waals surface area contributed by atoms with Crippen LogP contribution in [0, 0.1) is 6.92 Å². The molecule has 0 saturated carbocycles. The van der Waals surface area contributed by atoms with E-state index < -0.39 is 0 Å². The van der Waals surface area contributed by atoms with Crippen LogP contribution in [0.1, 0.15) is 30.0 Å². The van der Waals surface area contributed by atoms with E-state index in [1.165, 1.54) is 12.8 Å². The number of hydrogen-bond acceptors (Lipinski definition) is 3. The van der Waals surface area contributed by atoms with Crippen molar-refractivity contribution in [3.63, 3.8) is 0 Å². The summed E-state index contributed by atoms with van der Waals surface area (Å²) in [6.07, 6.45) is 2.39. The molecule has 0 aliphatic carbocycles. The van der Waals surface area contributed by atoms with Gasteiger partial charge in [0.25, 0.3) is 0 Å². The average Bonchev–Trinajstić information content (AvgIpc) is 2.88. The topological polar surface area (TPSA) is 32.7 Å². The van der Waals surface area contributed by atoms with Crippen LogP contribution >= 0.6 is 11.6 Å². The zero-order chi connectivity index (χ0) is 13.1. The van der Waals surface area contributed by atoms with Gasteiger partial charge in [-0.1, -0.05) is 11.6 Å². The SMILES string of the molecule is COc1cc(C)c(Cl)cc1C(CO)N1CCCC1. The van der Waals surface area contributed by atoms with Gasteiger partial charge in [0.2, 0.25) is 0 Å². The second-order valence-corrected chi connectivity index (χ2v) is 5.19. The fourth-order valence-electron chi connectivity index (χ4n) is 2.57. The van der Waals surface area contributed by atoms with Crippen LogP contribution in [0.3, 0.4) is 0 Å². The van der Waals surface area contributed by atoms with Crippen molar-refractivity contribution < 1.29 is 9.84 Å². The summed E-state index contributed by atoms with van der Waals surface area (Å²) in [5, 5.41) is 10.4. The molecule has 0 bridgehead atoms. The lowest BCUT2D eigenvalue weighted by Crippen LogP contribution is -2.28. The molecule has 1 aliphatic rings. The van der Waals surface area contributed by atoms with Crippen molar-refractivity contribution in [3.05, 3.63) is 28.3 Å². The minimum atomic E-state index is -0.0134. The van der Waals surface area contributed by atoms with Crippen molar-refractivity contribution in [1.82, 2.24) is 4.90 Å². The van der Waals surface area contributed by atoms with E-state index in [9.17, 15) is 5.11 Å². The summed E-state index contributed by atoms with van der Waals surface area (Å²) in [5.41, 5.74) is 1.98. The number of benzene rings is 1. The number of rotatable bonds is 4. The molecule has 1 saturated heterocycles. The van der Waals surface area contributed by atoms with E-state index in [0.717, 1.165) is 35.0 Å². The molecule has 1 aromatic rings. The predicted molar refractivity (Wildman–Crippen MR) is 73.4 cm³/mol. The third-order valence-corrected chi connectivity index (χ3v) is 4.03. The minimum Gasteiger partial charge on any atom is -0.496 e. The summed E-state index contributed by atoms with van der Waals surface area (Å²) in [5.74, 6) is 0.808. The number of nitrogens with zero attached hydrogens (tertiary/aromatic N) is 1. The zero-order valence-corrected chi connectivity index (χ0v) is 11.7. The second kappa shape index (κ2) is 5.91. The van der Waals surface area contributed by atoms with Crippen LogP contribution in [0.5, 0.6) is 5.75 Å². The van der Waals surface area contributed by atoms with Crippen molar-refractivity contribution >= 4 is 11.6 Å². The first kappa shape index (κ1) is 13.7. The van der Waals surface area contributed by atoms with Crippen LogP contribution in [-0.2, 0) is 0 Å². The van der Waals surface area contributed by atoms with Crippen molar-refractivity contribution in [2.75, 3.05) is 26.8 Å². The van der Waals surface area contributed by atoms with E-state index in [4.69, 9.17) is 16.3 Å². The first-order valence-electron chi connectivity index (χ1n) is 6.36. The lowest BCUT2D eigenvalue weighted by molar-refractivity contribution is 0.144. The van der Waals surface area contributed by atoms with E-state index in [1.807, 2.05) is 19.1 Å². The average molecular weight is 270 g/mol. The Morgan fingerprint density at radius 1 is 1.39 bits per heavy atom. The highest BCUT2D eigenvalue weighted by Gasteiger charge is 2.25. The van der Waals surface area contributed by atoms with Gasteiger partial charge in [0, 0.05) is 10.6 Å². The number of halogens is 1. The van der Waals surface area contributed by atoms with E-state index in [-0.39, 0.29) is 12.6 Å². The van der Waals surface area contributed by atoms with Crippen LogP contribution in [0.25, 0.3) is 0 Å². The van der Waals surface area contributed by atoms with Gasteiger partial charge in [0.15, 0.2) is 0 Å². The molecule has 1 unspecified atom stereocenters. The third kappa shape index (κ3) is 2.63. The second-order valence-electron chi connectivity index (χ2n) is 4.78. The molecule has 18 heavy (non-hydrogen) atoms. The quantitative estimate of drug-likeness (QED) is 0.912. The Labute approximate surface area is 113 Å². The zero-order valence-electron chi connectivity index (χ0n) is 10.9. The molecule has 1 atom stereocenters. The fraction of sp³-hybridized carbons (Fsp3) is 0.571. The van der Waals surface area contributed by atoms with Gasteiger partial charge in [0.05, 0.1) is 19.8 Å². The number of likely N-dealkylation sites (tertiary alicyclic amines) is 1. The van der Waals surface area contributed by atoms with Crippen LogP contribution < -0.4 is 4.74 Å². The number of aliphatic hydroxyl groups is 1. The predicted octanol–water partition coefficient (Wildman–Crippen LogP) is 2.79. The van der Waals surface area contributed by atoms with Crippen LogP contribution in [0.4, 0.5) is 0 Å². The Balaban J connectivity index is 2.37. The Bertz CT molecular complexity index is 417. The Kier molecular flexibility index (Phi) is 4.49. The standard InChI is InChI=1S/C14H20ClNO2/c1-10-7-14(18-2)11(8-12(10)15)13(9-17)16-5-3-4-6-16/h7-8,13,17H,3-6,9H2,1-2H3. The summed E-state index contributed by atoms with van der Waals surface area (Å²) in [4.78, 5) is 2.30. The highest BCUT2D eigenvalue weighted by atomic mass is 35.5. The fourth-order valence-corrected chi connectivity index (χ4v) is 2.74. The maximum Gasteiger partial charge on any atom is 0.124 e. The van der Waals surface area contributed by atoms with Gasteiger partial charge in [0.1, 0.15) is 5.75 Å². The molecule has 0 spiro atoms. The molecular formula is C14H20ClNO2. The van der Waals surface area contributed by atoms with Gasteiger partial charge in [-0.05, 0) is 50.6 Å². The van der Waals surface area contributed by atoms with E-state index >= 15 is 0 Å². The van der Waals surface area contributed by atoms with Gasteiger partial charge in [-0.15, -0.1) is 0 Å². The molecule has 0 amide bonds. The van der Waals surface area contributed by atoms with Crippen molar-refractivity contribution in [3.8, 4) is 5.75 Å². The lowest BCUT2D eigenvalue weighted by Gasteiger charge is -2.27. The Morgan fingerprint density at radius 3 is 2.61 bits per heavy atom. The summed E-state index contributed by atoms with van der Waals surface area (Å²) in [6, 6.07) is 3.85. The molecule has 4 heteroatoms. The molecule has 1 fully saturated rings. The maximum absolute atomic E-state index is 9.68. The first-order valence-corrected chi connectivity index (χ1v) is 6.74. The Morgan fingerprint density at radius 2 is 2.06 bits per heavy atom. The summed E-state index contributed by atoms with van der Waals surface area (Å²) >= 11 is 6.19. The molecule has 1 N–H and O–H groups in total. The highest BCUT2D eigenvalue weighted by molar-refractivity contribution is 6.31. The lowest BCUT2D eigenvalue weighted by atomic mass is 10.0. The maximum atomic E-state index is 9.68. The third-order valence-electron chi connectivity index (χ3n) is 3.62. The molecule has 0 aromatic heterocycles. The van der Waals surface area contributed by atoms with Crippen molar-refractivity contribution in [2.45, 2.75) is 25.8 Å². The van der Waals surface area contributed by atoms with Gasteiger partial charge in [-0.3, -0.25) is 4.90 Å². The monoisotopic (exact) mass is 269 g/mol. The molecule has 2 rings (SSSR count). The van der Waals surface area contributed by atoms with Crippen LogP contribution in [0.2, 0.25) is 5.02 Å². The van der Waals surface area contributed by atoms with Crippen molar-refractivity contribution in [1.29, 1.82) is 0 Å². The van der Waals surface area contributed by atoms with Crippen molar-refractivity contribution in [2.24, 2.45) is 0 Å². The molecule has 1 heterocycles. The van der Waals surface area contributed by atoms with Gasteiger partial charge < -0.3 is 9.84 Å². The first-order chi connectivity index (χ1) is 8.67. The number of methoxy groups -OCH3 is 1. The summed E-state index contributed by atoms with van der Waals surface area (Å²) in [7, 11) is 1.66.